The second-order valence-corrected chi connectivity index (χ2v) is 4.85. The van der Waals surface area contributed by atoms with Crippen LogP contribution in [0.4, 0.5) is 0 Å². The maximum Gasteiger partial charge on any atom is 0.215 e. The number of ether oxygens (including phenoxy) is 1. The molecule has 0 aliphatic rings. The average molecular weight is 293 g/mol. The standard InChI is InChI=1S/C17H15N3O2/c1-22-15-9-5-8-14(10-15)17(21)16-12-20(19-18-16)11-13-6-3-2-4-7-13/h2-10,12H,11H2,1H3. The third-order valence-electron chi connectivity index (χ3n) is 3.29. The molecule has 2 aromatic carbocycles. The van der Waals surface area contributed by atoms with Crippen molar-refractivity contribution in [1.82, 2.24) is 15.0 Å². The van der Waals surface area contributed by atoms with Gasteiger partial charge in [-0.05, 0) is 17.7 Å². The van der Waals surface area contributed by atoms with E-state index >= 15 is 0 Å². The summed E-state index contributed by atoms with van der Waals surface area (Å²) in [5, 5.41) is 7.98. The van der Waals surface area contributed by atoms with E-state index in [-0.39, 0.29) is 5.78 Å². The van der Waals surface area contributed by atoms with E-state index in [0.717, 1.165) is 5.56 Å². The van der Waals surface area contributed by atoms with Crippen LogP contribution in [0.1, 0.15) is 21.6 Å². The van der Waals surface area contributed by atoms with Gasteiger partial charge in [-0.3, -0.25) is 4.79 Å². The molecule has 0 saturated carbocycles. The number of hydrogen-bond acceptors (Lipinski definition) is 4. The predicted molar refractivity (Wildman–Crippen MR) is 82.0 cm³/mol. The summed E-state index contributed by atoms with van der Waals surface area (Å²) >= 11 is 0. The Kier molecular flexibility index (Phi) is 3.96. The van der Waals surface area contributed by atoms with Crippen LogP contribution in [0, 0.1) is 0 Å². The molecule has 110 valence electrons. The molecule has 0 spiro atoms. The Morgan fingerprint density at radius 3 is 2.73 bits per heavy atom. The lowest BCUT2D eigenvalue weighted by Crippen LogP contribution is -2.02. The minimum absolute atomic E-state index is 0.168. The van der Waals surface area contributed by atoms with Crippen molar-refractivity contribution in [1.29, 1.82) is 0 Å². The molecule has 3 rings (SSSR count). The largest absolute Gasteiger partial charge is 0.497 e. The third-order valence-corrected chi connectivity index (χ3v) is 3.29. The van der Waals surface area contributed by atoms with Gasteiger partial charge in [0.2, 0.25) is 5.78 Å². The zero-order chi connectivity index (χ0) is 15.4. The molecule has 0 unspecified atom stereocenters. The highest BCUT2D eigenvalue weighted by atomic mass is 16.5. The van der Waals surface area contributed by atoms with Gasteiger partial charge in [0.25, 0.3) is 0 Å². The number of aromatic nitrogens is 3. The van der Waals surface area contributed by atoms with Gasteiger partial charge in [-0.15, -0.1) is 5.10 Å². The smallest absolute Gasteiger partial charge is 0.215 e. The van der Waals surface area contributed by atoms with Crippen molar-refractivity contribution in [3.05, 3.63) is 77.6 Å². The maximum absolute atomic E-state index is 12.4. The van der Waals surface area contributed by atoms with Gasteiger partial charge in [-0.1, -0.05) is 47.7 Å². The normalized spacial score (nSPS) is 10.4. The van der Waals surface area contributed by atoms with Crippen LogP contribution < -0.4 is 4.74 Å². The Labute approximate surface area is 128 Å². The topological polar surface area (TPSA) is 57.0 Å². The van der Waals surface area contributed by atoms with Crippen LogP contribution >= 0.6 is 0 Å². The predicted octanol–water partition coefficient (Wildman–Crippen LogP) is 2.57. The molecule has 0 amide bonds. The molecule has 1 heterocycles. The lowest BCUT2D eigenvalue weighted by atomic mass is 10.1. The number of carbonyl (C=O) groups excluding carboxylic acids is 1. The Hall–Kier alpha value is -2.95. The van der Waals surface area contributed by atoms with Crippen molar-refractivity contribution >= 4 is 5.78 Å². The van der Waals surface area contributed by atoms with Crippen LogP contribution in [0.15, 0.2) is 60.8 Å². The quantitative estimate of drug-likeness (QED) is 0.678. The summed E-state index contributed by atoms with van der Waals surface area (Å²) in [6.45, 7) is 0.583. The first-order valence-electron chi connectivity index (χ1n) is 6.89. The van der Waals surface area contributed by atoms with Gasteiger partial charge >= 0.3 is 0 Å². The molecular formula is C17H15N3O2. The van der Waals surface area contributed by atoms with Gasteiger partial charge in [-0.25, -0.2) is 4.68 Å². The number of rotatable bonds is 5. The van der Waals surface area contributed by atoms with Gasteiger partial charge < -0.3 is 4.74 Å². The summed E-state index contributed by atoms with van der Waals surface area (Å²) in [5.41, 5.74) is 1.96. The third kappa shape index (κ3) is 3.03. The van der Waals surface area contributed by atoms with Gasteiger partial charge in [0.1, 0.15) is 5.75 Å². The Morgan fingerprint density at radius 2 is 1.95 bits per heavy atom. The Balaban J connectivity index is 1.79. The summed E-state index contributed by atoms with van der Waals surface area (Å²) in [6, 6.07) is 16.9. The highest BCUT2D eigenvalue weighted by Gasteiger charge is 2.14. The van der Waals surface area contributed by atoms with Crippen molar-refractivity contribution in [2.45, 2.75) is 6.54 Å². The molecule has 0 bridgehead atoms. The summed E-state index contributed by atoms with van der Waals surface area (Å²) < 4.78 is 6.79. The molecule has 5 nitrogen and oxygen atoms in total. The van der Waals surface area contributed by atoms with Crippen LogP contribution in [-0.2, 0) is 6.54 Å². The van der Waals surface area contributed by atoms with E-state index in [4.69, 9.17) is 4.74 Å². The van der Waals surface area contributed by atoms with Gasteiger partial charge in [0, 0.05) is 5.56 Å². The molecule has 22 heavy (non-hydrogen) atoms. The summed E-state index contributed by atoms with van der Waals surface area (Å²) in [6.07, 6.45) is 1.66. The van der Waals surface area contributed by atoms with E-state index in [1.165, 1.54) is 0 Å². The lowest BCUT2D eigenvalue weighted by molar-refractivity contribution is 0.103. The molecular weight excluding hydrogens is 278 g/mol. The first-order valence-corrected chi connectivity index (χ1v) is 6.89. The second kappa shape index (κ2) is 6.22. The first kappa shape index (κ1) is 14.0. The molecule has 1 aromatic heterocycles. The van der Waals surface area contributed by atoms with Gasteiger partial charge in [-0.2, -0.15) is 0 Å². The van der Waals surface area contributed by atoms with Crippen LogP contribution in [0.3, 0.4) is 0 Å². The average Bonchev–Trinajstić information content (AvgIpc) is 3.03. The van der Waals surface area contributed by atoms with E-state index in [1.54, 1.807) is 42.3 Å². The van der Waals surface area contributed by atoms with E-state index in [9.17, 15) is 4.79 Å². The summed E-state index contributed by atoms with van der Waals surface area (Å²) in [7, 11) is 1.57. The summed E-state index contributed by atoms with van der Waals surface area (Å²) in [4.78, 5) is 12.4. The maximum atomic E-state index is 12.4. The van der Waals surface area contributed by atoms with Crippen LogP contribution in [0.2, 0.25) is 0 Å². The number of benzene rings is 2. The number of carbonyl (C=O) groups is 1. The number of ketones is 1. The number of nitrogens with zero attached hydrogens (tertiary/aromatic N) is 3. The molecule has 0 saturated heterocycles. The SMILES string of the molecule is COc1cccc(C(=O)c2cn(Cc3ccccc3)nn2)c1. The summed E-state index contributed by atoms with van der Waals surface area (Å²) in [5.74, 6) is 0.473. The molecule has 0 fully saturated rings. The minimum atomic E-state index is -0.168. The van der Waals surface area contributed by atoms with Crippen molar-refractivity contribution in [2.24, 2.45) is 0 Å². The molecule has 0 aliphatic carbocycles. The van der Waals surface area contributed by atoms with Gasteiger partial charge in [0.05, 0.1) is 19.9 Å². The Bertz CT molecular complexity index is 781. The highest BCUT2D eigenvalue weighted by molar-refractivity contribution is 6.07. The highest BCUT2D eigenvalue weighted by Crippen LogP contribution is 2.15. The molecule has 3 aromatic rings. The monoisotopic (exact) mass is 293 g/mol. The van der Waals surface area contributed by atoms with E-state index in [2.05, 4.69) is 10.3 Å². The van der Waals surface area contributed by atoms with Crippen LogP contribution in [-0.4, -0.2) is 27.9 Å². The zero-order valence-corrected chi connectivity index (χ0v) is 12.1. The molecule has 5 heteroatoms. The molecule has 0 N–H and O–H groups in total. The van der Waals surface area contributed by atoms with Crippen molar-refractivity contribution in [2.75, 3.05) is 7.11 Å². The van der Waals surface area contributed by atoms with Gasteiger partial charge in [0.15, 0.2) is 5.69 Å². The number of methoxy groups -OCH3 is 1. The van der Waals surface area contributed by atoms with Crippen molar-refractivity contribution < 1.29 is 9.53 Å². The molecule has 0 radical (unpaired) electrons. The van der Waals surface area contributed by atoms with E-state index in [1.807, 2.05) is 30.3 Å². The second-order valence-electron chi connectivity index (χ2n) is 4.85. The Morgan fingerprint density at radius 1 is 1.14 bits per heavy atom. The van der Waals surface area contributed by atoms with Crippen molar-refractivity contribution in [3.8, 4) is 5.75 Å². The lowest BCUT2D eigenvalue weighted by Gasteiger charge is -2.01. The zero-order valence-electron chi connectivity index (χ0n) is 12.1. The van der Waals surface area contributed by atoms with Crippen LogP contribution in [0.25, 0.3) is 0 Å². The van der Waals surface area contributed by atoms with E-state index < -0.39 is 0 Å². The number of hydrogen-bond donors (Lipinski definition) is 0. The van der Waals surface area contributed by atoms with E-state index in [0.29, 0.717) is 23.6 Å². The molecule has 0 atom stereocenters. The minimum Gasteiger partial charge on any atom is -0.497 e. The fraction of sp³-hybridized carbons (Fsp3) is 0.118. The fourth-order valence-electron chi connectivity index (χ4n) is 2.16. The first-order chi connectivity index (χ1) is 10.8. The molecule has 0 aliphatic heterocycles. The fourth-order valence-corrected chi connectivity index (χ4v) is 2.16. The van der Waals surface area contributed by atoms with Crippen molar-refractivity contribution in [3.63, 3.8) is 0 Å². The van der Waals surface area contributed by atoms with Crippen LogP contribution in [0.5, 0.6) is 5.75 Å².